The largest absolute Gasteiger partial charge is 0.399 e. The van der Waals surface area contributed by atoms with Crippen LogP contribution in [0, 0.1) is 16.3 Å². The van der Waals surface area contributed by atoms with E-state index in [0.717, 1.165) is 0 Å². The molecule has 0 saturated heterocycles. The summed E-state index contributed by atoms with van der Waals surface area (Å²) in [5, 5.41) is 0. The van der Waals surface area contributed by atoms with Gasteiger partial charge >= 0.3 is 0 Å². The van der Waals surface area contributed by atoms with Gasteiger partial charge in [-0.2, -0.15) is 0 Å². The maximum atomic E-state index is 13.2. The topological polar surface area (TPSA) is 60.9 Å². The predicted molar refractivity (Wildman–Crippen MR) is 75.9 cm³/mol. The van der Waals surface area contributed by atoms with Gasteiger partial charge in [0.05, 0.1) is 10.1 Å². The number of hydrogen-bond acceptors (Lipinski definition) is 3. The summed E-state index contributed by atoms with van der Waals surface area (Å²) in [5.74, 6) is 0.178. The Bertz CT molecular complexity index is 634. The second kappa shape index (κ2) is 5.05. The van der Waals surface area contributed by atoms with E-state index in [1.807, 2.05) is 22.6 Å². The lowest BCUT2D eigenvalue weighted by atomic mass is 10.2. The van der Waals surface area contributed by atoms with Crippen LogP contribution in [0.3, 0.4) is 0 Å². The highest BCUT2D eigenvalue weighted by atomic mass is 127. The van der Waals surface area contributed by atoms with Crippen LogP contribution in [0.2, 0.25) is 0 Å². The lowest BCUT2D eigenvalue weighted by molar-refractivity contribution is 0.621. The minimum atomic E-state index is -0.408. The number of nitrogen functional groups attached to an aromatic ring is 1. The molecule has 0 aliphatic heterocycles. The number of rotatable bonds is 2. The van der Waals surface area contributed by atoms with Gasteiger partial charge in [0.15, 0.2) is 0 Å². The van der Waals surface area contributed by atoms with Gasteiger partial charge in [0.1, 0.15) is 11.6 Å². The van der Waals surface area contributed by atoms with E-state index in [-0.39, 0.29) is 12.1 Å². The molecule has 1 aromatic heterocycles. The summed E-state index contributed by atoms with van der Waals surface area (Å²) in [5.41, 5.74) is 6.42. The summed E-state index contributed by atoms with van der Waals surface area (Å²) in [6, 6.07) is 4.25. The van der Waals surface area contributed by atoms with Gasteiger partial charge in [-0.1, -0.05) is 0 Å². The Morgan fingerprint density at radius 3 is 2.83 bits per heavy atom. The number of halogens is 2. The standard InChI is InChI=1S/C12H11FIN3O/c1-7-16-5-11(14)12(18)17(7)6-8-2-9(13)4-10(15)3-8/h2-5H,6,15H2,1H3. The maximum absolute atomic E-state index is 13.2. The van der Waals surface area contributed by atoms with Gasteiger partial charge in [0, 0.05) is 11.9 Å². The van der Waals surface area contributed by atoms with Crippen molar-refractivity contribution in [2.24, 2.45) is 0 Å². The average Bonchev–Trinajstić information content (AvgIpc) is 2.28. The van der Waals surface area contributed by atoms with Crippen LogP contribution in [0.1, 0.15) is 11.4 Å². The van der Waals surface area contributed by atoms with E-state index in [0.29, 0.717) is 20.6 Å². The molecule has 0 spiro atoms. The molecule has 0 radical (unpaired) electrons. The first-order chi connectivity index (χ1) is 8.47. The van der Waals surface area contributed by atoms with Crippen molar-refractivity contribution in [2.75, 3.05) is 5.73 Å². The average molecular weight is 359 g/mol. The lowest BCUT2D eigenvalue weighted by Gasteiger charge is -2.10. The monoisotopic (exact) mass is 359 g/mol. The smallest absolute Gasteiger partial charge is 0.267 e. The second-order valence-corrected chi connectivity index (χ2v) is 5.10. The van der Waals surface area contributed by atoms with Gasteiger partial charge in [0.25, 0.3) is 5.56 Å². The Morgan fingerprint density at radius 1 is 1.44 bits per heavy atom. The van der Waals surface area contributed by atoms with E-state index in [4.69, 9.17) is 5.73 Å². The van der Waals surface area contributed by atoms with E-state index in [1.54, 1.807) is 13.0 Å². The van der Waals surface area contributed by atoms with Crippen LogP contribution >= 0.6 is 22.6 Å². The van der Waals surface area contributed by atoms with Crippen molar-refractivity contribution in [3.63, 3.8) is 0 Å². The number of nitrogens with two attached hydrogens (primary N) is 1. The third kappa shape index (κ3) is 2.69. The highest BCUT2D eigenvalue weighted by Gasteiger charge is 2.07. The molecular weight excluding hydrogens is 348 g/mol. The van der Waals surface area contributed by atoms with Gasteiger partial charge in [-0.25, -0.2) is 9.37 Å². The van der Waals surface area contributed by atoms with Crippen molar-refractivity contribution in [1.29, 1.82) is 0 Å². The molecule has 2 rings (SSSR count). The van der Waals surface area contributed by atoms with Crippen molar-refractivity contribution < 1.29 is 4.39 Å². The molecule has 0 fully saturated rings. The number of nitrogens with zero attached hydrogens (tertiary/aromatic N) is 2. The van der Waals surface area contributed by atoms with Crippen LogP contribution in [0.4, 0.5) is 10.1 Å². The summed E-state index contributed by atoms with van der Waals surface area (Å²) in [4.78, 5) is 16.1. The van der Waals surface area contributed by atoms with E-state index < -0.39 is 5.82 Å². The van der Waals surface area contributed by atoms with Crippen LogP contribution in [0.15, 0.2) is 29.2 Å². The number of hydrogen-bond donors (Lipinski definition) is 1. The zero-order valence-corrected chi connectivity index (χ0v) is 11.8. The van der Waals surface area contributed by atoms with Gasteiger partial charge in [-0.3, -0.25) is 9.36 Å². The first-order valence-electron chi connectivity index (χ1n) is 5.24. The Kier molecular flexibility index (Phi) is 3.65. The number of aromatic nitrogens is 2. The molecule has 94 valence electrons. The molecule has 0 atom stereocenters. The Balaban J connectivity index is 2.46. The van der Waals surface area contributed by atoms with E-state index in [2.05, 4.69) is 4.98 Å². The zero-order valence-electron chi connectivity index (χ0n) is 9.65. The Hall–Kier alpha value is -1.44. The Labute approximate surface area is 117 Å². The molecule has 1 aromatic carbocycles. The molecule has 2 aromatic rings. The van der Waals surface area contributed by atoms with Crippen LogP contribution in [0.25, 0.3) is 0 Å². The van der Waals surface area contributed by atoms with Crippen LogP contribution in [0.5, 0.6) is 0 Å². The van der Waals surface area contributed by atoms with Crippen LogP contribution in [-0.4, -0.2) is 9.55 Å². The van der Waals surface area contributed by atoms with Crippen molar-refractivity contribution >= 4 is 28.3 Å². The molecule has 0 aliphatic rings. The van der Waals surface area contributed by atoms with Gasteiger partial charge < -0.3 is 5.73 Å². The summed E-state index contributed by atoms with van der Waals surface area (Å²) in [6.45, 7) is 2.00. The van der Waals surface area contributed by atoms with Crippen molar-refractivity contribution in [1.82, 2.24) is 9.55 Å². The Morgan fingerprint density at radius 2 is 2.17 bits per heavy atom. The highest BCUT2D eigenvalue weighted by Crippen LogP contribution is 2.12. The molecule has 18 heavy (non-hydrogen) atoms. The highest BCUT2D eigenvalue weighted by molar-refractivity contribution is 14.1. The minimum absolute atomic E-state index is 0.133. The summed E-state index contributed by atoms with van der Waals surface area (Å²) >= 11 is 1.93. The van der Waals surface area contributed by atoms with E-state index >= 15 is 0 Å². The quantitative estimate of drug-likeness (QED) is 0.659. The molecular formula is C12H11FIN3O. The molecule has 2 N–H and O–H groups in total. The third-order valence-corrected chi connectivity index (χ3v) is 3.27. The predicted octanol–water partition coefficient (Wildman–Crippen LogP) is 1.93. The van der Waals surface area contributed by atoms with E-state index in [9.17, 15) is 9.18 Å². The fourth-order valence-corrected chi connectivity index (χ4v) is 2.12. The number of benzene rings is 1. The van der Waals surface area contributed by atoms with Crippen LogP contribution in [-0.2, 0) is 6.54 Å². The molecule has 0 unspecified atom stereocenters. The molecule has 0 bridgehead atoms. The second-order valence-electron chi connectivity index (χ2n) is 3.94. The normalized spacial score (nSPS) is 10.6. The molecule has 0 aliphatic carbocycles. The fourth-order valence-electron chi connectivity index (χ4n) is 1.69. The van der Waals surface area contributed by atoms with E-state index in [1.165, 1.54) is 22.9 Å². The summed E-state index contributed by atoms with van der Waals surface area (Å²) in [6.07, 6.45) is 1.52. The van der Waals surface area contributed by atoms with Crippen molar-refractivity contribution in [2.45, 2.75) is 13.5 Å². The minimum Gasteiger partial charge on any atom is -0.399 e. The van der Waals surface area contributed by atoms with Crippen LogP contribution < -0.4 is 11.3 Å². The molecule has 0 amide bonds. The van der Waals surface area contributed by atoms with Gasteiger partial charge in [-0.15, -0.1) is 0 Å². The first-order valence-corrected chi connectivity index (χ1v) is 6.32. The molecule has 1 heterocycles. The summed E-state index contributed by atoms with van der Waals surface area (Å²) < 4.78 is 15.3. The van der Waals surface area contributed by atoms with Gasteiger partial charge in [-0.05, 0) is 53.3 Å². The molecule has 0 saturated carbocycles. The maximum Gasteiger partial charge on any atom is 0.267 e. The molecule has 6 heteroatoms. The molecule has 4 nitrogen and oxygen atoms in total. The van der Waals surface area contributed by atoms with Crippen molar-refractivity contribution in [3.8, 4) is 0 Å². The summed E-state index contributed by atoms with van der Waals surface area (Å²) in [7, 11) is 0. The number of anilines is 1. The SMILES string of the molecule is Cc1ncc(I)c(=O)n1Cc1cc(N)cc(F)c1. The third-order valence-electron chi connectivity index (χ3n) is 2.53. The van der Waals surface area contributed by atoms with Crippen molar-refractivity contribution in [3.05, 3.63) is 55.5 Å². The fraction of sp³-hybridized carbons (Fsp3) is 0.167. The zero-order chi connectivity index (χ0) is 13.3. The first kappa shape index (κ1) is 13.0. The number of aryl methyl sites for hydroxylation is 1. The lowest BCUT2D eigenvalue weighted by Crippen LogP contribution is -2.26. The van der Waals surface area contributed by atoms with Gasteiger partial charge in [0.2, 0.25) is 0 Å².